The maximum absolute atomic E-state index is 11.9. The molecule has 0 saturated carbocycles. The molecule has 1 aliphatic heterocycles. The first-order valence-corrected chi connectivity index (χ1v) is 9.74. The zero-order chi connectivity index (χ0) is 20.2. The normalized spacial score (nSPS) is 15.2. The fraction of sp³-hybridized carbons (Fsp3) is 0.600. The summed E-state index contributed by atoms with van der Waals surface area (Å²) in [4.78, 5) is 20.5. The first kappa shape index (κ1) is 22.0. The summed E-state index contributed by atoms with van der Waals surface area (Å²) in [5.74, 6) is 1.45. The molecule has 1 aromatic carbocycles. The van der Waals surface area contributed by atoms with Crippen molar-refractivity contribution in [3.63, 3.8) is 0 Å². The van der Waals surface area contributed by atoms with Crippen molar-refractivity contribution in [3.05, 3.63) is 29.8 Å². The largest absolute Gasteiger partial charge is 0.497 e. The van der Waals surface area contributed by atoms with Crippen LogP contribution < -0.4 is 15.4 Å². The van der Waals surface area contributed by atoms with E-state index >= 15 is 0 Å². The summed E-state index contributed by atoms with van der Waals surface area (Å²) in [5.41, 5.74) is 1.05. The summed E-state index contributed by atoms with van der Waals surface area (Å²) in [5, 5.41) is 6.45. The molecule has 1 amide bonds. The van der Waals surface area contributed by atoms with Crippen LogP contribution in [0.25, 0.3) is 0 Å². The number of hydrogen-bond donors (Lipinski definition) is 2. The van der Waals surface area contributed by atoms with E-state index in [1.165, 1.54) is 0 Å². The van der Waals surface area contributed by atoms with Crippen molar-refractivity contribution in [2.45, 2.75) is 13.0 Å². The smallest absolute Gasteiger partial charge is 0.241 e. The molecule has 0 radical (unpaired) electrons. The van der Waals surface area contributed by atoms with E-state index in [0.29, 0.717) is 12.5 Å². The van der Waals surface area contributed by atoms with E-state index in [1.54, 1.807) is 26.1 Å². The molecule has 2 N–H and O–H groups in total. The molecule has 0 aromatic heterocycles. The van der Waals surface area contributed by atoms with Crippen LogP contribution in [0, 0.1) is 0 Å². The van der Waals surface area contributed by atoms with Crippen molar-refractivity contribution < 1.29 is 14.3 Å². The first-order valence-electron chi connectivity index (χ1n) is 9.74. The molecule has 28 heavy (non-hydrogen) atoms. The number of carbonyl (C=O) groups is 1. The highest BCUT2D eigenvalue weighted by molar-refractivity contribution is 5.86. The maximum atomic E-state index is 11.9. The number of nitrogens with zero attached hydrogens (tertiary/aromatic N) is 3. The van der Waals surface area contributed by atoms with Crippen molar-refractivity contribution >= 4 is 11.9 Å². The zero-order valence-electron chi connectivity index (χ0n) is 17.2. The fourth-order valence-corrected chi connectivity index (χ4v) is 2.77. The van der Waals surface area contributed by atoms with Gasteiger partial charge in [0.15, 0.2) is 5.96 Å². The van der Waals surface area contributed by atoms with Gasteiger partial charge >= 0.3 is 0 Å². The van der Waals surface area contributed by atoms with Crippen molar-refractivity contribution in [1.82, 2.24) is 20.4 Å². The lowest BCUT2D eigenvalue weighted by molar-refractivity contribution is -0.127. The minimum absolute atomic E-state index is 0.00389. The number of methoxy groups -OCH3 is 1. The van der Waals surface area contributed by atoms with Crippen LogP contribution in [-0.4, -0.2) is 88.8 Å². The van der Waals surface area contributed by atoms with Crippen LogP contribution in [0.4, 0.5) is 0 Å². The quantitative estimate of drug-likeness (QED) is 0.363. The summed E-state index contributed by atoms with van der Waals surface area (Å²) < 4.78 is 10.6. The highest BCUT2D eigenvalue weighted by Crippen LogP contribution is 2.13. The van der Waals surface area contributed by atoms with Gasteiger partial charge in [0.05, 0.1) is 33.4 Å². The molecule has 0 unspecified atom stereocenters. The van der Waals surface area contributed by atoms with Gasteiger partial charge < -0.3 is 25.0 Å². The highest BCUT2D eigenvalue weighted by atomic mass is 16.5. The van der Waals surface area contributed by atoms with E-state index in [2.05, 4.69) is 20.5 Å². The van der Waals surface area contributed by atoms with Crippen LogP contribution in [0.15, 0.2) is 29.3 Å². The molecular weight excluding hydrogens is 358 g/mol. The lowest BCUT2D eigenvalue weighted by Crippen LogP contribution is -2.44. The average molecular weight is 392 g/mol. The summed E-state index contributed by atoms with van der Waals surface area (Å²) in [6.45, 7) is 6.14. The number of carbonyl (C=O) groups excluding carboxylic acids is 1. The van der Waals surface area contributed by atoms with Gasteiger partial charge in [0, 0.05) is 33.7 Å². The molecule has 0 atom stereocenters. The second kappa shape index (κ2) is 12.2. The van der Waals surface area contributed by atoms with Gasteiger partial charge in [-0.25, -0.2) is 4.99 Å². The second-order valence-corrected chi connectivity index (χ2v) is 6.89. The van der Waals surface area contributed by atoms with E-state index < -0.39 is 0 Å². The van der Waals surface area contributed by atoms with E-state index in [0.717, 1.165) is 57.1 Å². The van der Waals surface area contributed by atoms with E-state index in [1.807, 2.05) is 24.3 Å². The Kier molecular flexibility index (Phi) is 9.57. The van der Waals surface area contributed by atoms with Crippen molar-refractivity contribution in [1.29, 1.82) is 0 Å². The van der Waals surface area contributed by atoms with Crippen LogP contribution in [0.5, 0.6) is 5.75 Å². The van der Waals surface area contributed by atoms with Crippen LogP contribution in [0.1, 0.15) is 12.0 Å². The second-order valence-electron chi connectivity index (χ2n) is 6.89. The van der Waals surface area contributed by atoms with Gasteiger partial charge in [0.1, 0.15) is 5.75 Å². The van der Waals surface area contributed by atoms with Crippen LogP contribution in [0.2, 0.25) is 0 Å². The van der Waals surface area contributed by atoms with E-state index in [9.17, 15) is 4.79 Å². The van der Waals surface area contributed by atoms with Gasteiger partial charge in [0.2, 0.25) is 5.91 Å². The lowest BCUT2D eigenvalue weighted by atomic mass is 10.2. The van der Waals surface area contributed by atoms with Crippen LogP contribution in [0.3, 0.4) is 0 Å². The Bertz CT molecular complexity index is 630. The third-order valence-corrected chi connectivity index (χ3v) is 4.51. The number of guanidine groups is 1. The van der Waals surface area contributed by atoms with Gasteiger partial charge in [-0.1, -0.05) is 12.1 Å². The Morgan fingerprint density at radius 2 is 2.07 bits per heavy atom. The number of hydrogen-bond acceptors (Lipinski definition) is 5. The SMILES string of the molecule is COc1cccc(CN=C(NCCCN2CCOCC2)NCC(=O)N(C)C)c1. The van der Waals surface area contributed by atoms with Crippen LogP contribution in [-0.2, 0) is 16.1 Å². The van der Waals surface area contributed by atoms with Crippen LogP contribution >= 0.6 is 0 Å². The highest BCUT2D eigenvalue weighted by Gasteiger charge is 2.10. The predicted octanol–water partition coefficient (Wildman–Crippen LogP) is 0.541. The number of amides is 1. The Hall–Kier alpha value is -2.32. The van der Waals surface area contributed by atoms with Gasteiger partial charge in [-0.15, -0.1) is 0 Å². The van der Waals surface area contributed by atoms with Gasteiger partial charge in [-0.2, -0.15) is 0 Å². The number of nitrogens with one attached hydrogen (secondary N) is 2. The molecule has 1 aromatic rings. The monoisotopic (exact) mass is 391 g/mol. The Morgan fingerprint density at radius 1 is 1.29 bits per heavy atom. The summed E-state index contributed by atoms with van der Waals surface area (Å²) in [7, 11) is 5.14. The zero-order valence-corrected chi connectivity index (χ0v) is 17.2. The van der Waals surface area contributed by atoms with Crippen molar-refractivity contribution in [2.75, 3.05) is 67.1 Å². The average Bonchev–Trinajstić information content (AvgIpc) is 2.73. The molecule has 1 fully saturated rings. The summed E-state index contributed by atoms with van der Waals surface area (Å²) >= 11 is 0. The number of rotatable bonds is 9. The molecule has 2 rings (SSSR count). The molecule has 1 aliphatic rings. The van der Waals surface area contributed by atoms with Gasteiger partial charge in [-0.3, -0.25) is 9.69 Å². The standard InChI is InChI=1S/C20H33N5O3/c1-24(2)19(26)16-23-20(21-8-5-9-25-10-12-28-13-11-25)22-15-17-6-4-7-18(14-17)27-3/h4,6-7,14H,5,8-13,15-16H2,1-3H3,(H2,21,22,23). The molecule has 1 heterocycles. The number of benzene rings is 1. The molecule has 8 heteroatoms. The van der Waals surface area contributed by atoms with Crippen molar-refractivity contribution in [2.24, 2.45) is 4.99 Å². The van der Waals surface area contributed by atoms with E-state index in [-0.39, 0.29) is 12.5 Å². The number of morpholine rings is 1. The molecule has 0 aliphatic carbocycles. The number of ether oxygens (including phenoxy) is 2. The Labute approximate surface area is 167 Å². The molecule has 1 saturated heterocycles. The van der Waals surface area contributed by atoms with Gasteiger partial charge in [-0.05, 0) is 30.7 Å². The van der Waals surface area contributed by atoms with E-state index in [4.69, 9.17) is 9.47 Å². The molecule has 156 valence electrons. The minimum atomic E-state index is 0.00389. The predicted molar refractivity (Wildman–Crippen MR) is 111 cm³/mol. The first-order chi connectivity index (χ1) is 13.6. The molecule has 8 nitrogen and oxygen atoms in total. The number of aliphatic imine (C=N–C) groups is 1. The lowest BCUT2D eigenvalue weighted by Gasteiger charge is -2.26. The topological polar surface area (TPSA) is 78.4 Å². The molecule has 0 bridgehead atoms. The summed E-state index contributed by atoms with van der Waals surface area (Å²) in [6, 6.07) is 7.83. The third-order valence-electron chi connectivity index (χ3n) is 4.51. The maximum Gasteiger partial charge on any atom is 0.241 e. The number of likely N-dealkylation sites (N-methyl/N-ethyl adjacent to an activating group) is 1. The van der Waals surface area contributed by atoms with Crippen molar-refractivity contribution in [3.8, 4) is 5.75 Å². The minimum Gasteiger partial charge on any atom is -0.497 e. The fourth-order valence-electron chi connectivity index (χ4n) is 2.77. The third kappa shape index (κ3) is 8.14. The molecular formula is C20H33N5O3. The molecule has 0 spiro atoms. The Morgan fingerprint density at radius 3 is 2.79 bits per heavy atom. The summed E-state index contributed by atoms with van der Waals surface area (Å²) in [6.07, 6.45) is 1.00. The van der Waals surface area contributed by atoms with Gasteiger partial charge in [0.25, 0.3) is 0 Å². The Balaban J connectivity index is 1.86.